The molecule has 1 fully saturated rings. The number of likely N-dealkylation sites (N-methyl/N-ethyl adjacent to an activating group) is 1. The predicted octanol–water partition coefficient (Wildman–Crippen LogP) is 0.869. The Kier molecular flexibility index (Phi) is 5.77. The number of hydrogen-bond acceptors (Lipinski definition) is 4. The third-order valence-corrected chi connectivity index (χ3v) is 3.09. The van der Waals surface area contributed by atoms with E-state index in [-0.39, 0.29) is 5.97 Å². The van der Waals surface area contributed by atoms with E-state index in [1.54, 1.807) is 0 Å². The monoisotopic (exact) mass is 228 g/mol. The number of rotatable bonds is 5. The van der Waals surface area contributed by atoms with Crippen molar-refractivity contribution in [2.75, 3.05) is 33.3 Å². The van der Waals surface area contributed by atoms with Crippen LogP contribution >= 0.6 is 0 Å². The molecule has 0 bridgehead atoms. The molecule has 0 radical (unpaired) electrons. The molecule has 1 heterocycles. The second kappa shape index (κ2) is 6.86. The molecular weight excluding hydrogens is 204 g/mol. The highest BCUT2D eigenvalue weighted by Gasteiger charge is 2.24. The summed E-state index contributed by atoms with van der Waals surface area (Å²) in [5.74, 6) is 0.591. The van der Waals surface area contributed by atoms with Gasteiger partial charge in [0.05, 0.1) is 13.5 Å². The summed E-state index contributed by atoms with van der Waals surface area (Å²) < 4.78 is 4.66. The summed E-state index contributed by atoms with van der Waals surface area (Å²) in [6.45, 7) is 8.39. The summed E-state index contributed by atoms with van der Waals surface area (Å²) in [4.78, 5) is 13.4. The van der Waals surface area contributed by atoms with Crippen LogP contribution in [0, 0.1) is 5.92 Å². The van der Waals surface area contributed by atoms with Gasteiger partial charge in [-0.1, -0.05) is 13.8 Å². The quantitative estimate of drug-likeness (QED) is 0.709. The van der Waals surface area contributed by atoms with Crippen molar-refractivity contribution in [3.05, 3.63) is 0 Å². The average Bonchev–Trinajstić information content (AvgIpc) is 2.25. The van der Waals surface area contributed by atoms with Gasteiger partial charge in [0, 0.05) is 25.7 Å². The second-order valence-corrected chi connectivity index (χ2v) is 4.68. The Morgan fingerprint density at radius 2 is 2.25 bits per heavy atom. The smallest absolute Gasteiger partial charge is 0.306 e. The molecule has 1 saturated heterocycles. The Labute approximate surface area is 98.3 Å². The maximum absolute atomic E-state index is 11.1. The van der Waals surface area contributed by atoms with Crippen molar-refractivity contribution in [3.63, 3.8) is 0 Å². The molecule has 2 unspecified atom stereocenters. The van der Waals surface area contributed by atoms with Crippen molar-refractivity contribution in [2.45, 2.75) is 32.7 Å². The summed E-state index contributed by atoms with van der Waals surface area (Å²) in [5.41, 5.74) is 0. The van der Waals surface area contributed by atoms with E-state index < -0.39 is 0 Å². The molecule has 16 heavy (non-hydrogen) atoms. The lowest BCUT2D eigenvalue weighted by Crippen LogP contribution is -2.49. The zero-order valence-electron chi connectivity index (χ0n) is 10.7. The van der Waals surface area contributed by atoms with Gasteiger partial charge in [-0.3, -0.25) is 4.79 Å². The topological polar surface area (TPSA) is 41.6 Å². The summed E-state index contributed by atoms with van der Waals surface area (Å²) in [6.07, 6.45) is 1.74. The van der Waals surface area contributed by atoms with Gasteiger partial charge in [-0.15, -0.1) is 0 Å². The summed E-state index contributed by atoms with van der Waals surface area (Å²) >= 11 is 0. The molecule has 0 aromatic rings. The van der Waals surface area contributed by atoms with Crippen molar-refractivity contribution < 1.29 is 9.53 Å². The van der Waals surface area contributed by atoms with Crippen molar-refractivity contribution in [1.29, 1.82) is 0 Å². The van der Waals surface area contributed by atoms with Gasteiger partial charge in [-0.05, 0) is 18.9 Å². The number of nitrogens with one attached hydrogen (secondary N) is 1. The second-order valence-electron chi connectivity index (χ2n) is 4.68. The molecule has 94 valence electrons. The Hall–Kier alpha value is -0.610. The molecule has 4 nitrogen and oxygen atoms in total. The minimum Gasteiger partial charge on any atom is -0.469 e. The van der Waals surface area contributed by atoms with E-state index in [1.165, 1.54) is 13.5 Å². The van der Waals surface area contributed by atoms with E-state index in [4.69, 9.17) is 0 Å². The fraction of sp³-hybridized carbons (Fsp3) is 0.917. The number of nitrogens with zero attached hydrogens (tertiary/aromatic N) is 1. The van der Waals surface area contributed by atoms with Gasteiger partial charge in [0.15, 0.2) is 0 Å². The van der Waals surface area contributed by atoms with Gasteiger partial charge in [0.2, 0.25) is 0 Å². The molecular formula is C12H24N2O2. The van der Waals surface area contributed by atoms with Crippen molar-refractivity contribution in [2.24, 2.45) is 5.92 Å². The number of carbonyl (C=O) groups excluding carboxylic acids is 1. The van der Waals surface area contributed by atoms with Crippen LogP contribution in [0.4, 0.5) is 0 Å². The fourth-order valence-electron chi connectivity index (χ4n) is 2.43. The van der Waals surface area contributed by atoms with E-state index in [9.17, 15) is 4.79 Å². The number of likely N-dealkylation sites (tertiary alicyclic amines) is 1. The fourth-order valence-corrected chi connectivity index (χ4v) is 2.43. The molecule has 4 heteroatoms. The molecule has 0 aliphatic carbocycles. The number of methoxy groups -OCH3 is 1. The normalized spacial score (nSPS) is 26.7. The van der Waals surface area contributed by atoms with Crippen LogP contribution in [0.3, 0.4) is 0 Å². The first-order chi connectivity index (χ1) is 7.65. The van der Waals surface area contributed by atoms with Crippen LogP contribution < -0.4 is 5.32 Å². The van der Waals surface area contributed by atoms with E-state index in [0.717, 1.165) is 26.2 Å². The largest absolute Gasteiger partial charge is 0.469 e. The molecule has 2 atom stereocenters. The zero-order chi connectivity index (χ0) is 12.0. The van der Waals surface area contributed by atoms with Crippen molar-refractivity contribution in [1.82, 2.24) is 10.2 Å². The lowest BCUT2D eigenvalue weighted by Gasteiger charge is -2.36. The highest BCUT2D eigenvalue weighted by molar-refractivity contribution is 5.69. The van der Waals surface area contributed by atoms with Crippen molar-refractivity contribution >= 4 is 5.97 Å². The first kappa shape index (κ1) is 13.5. The average molecular weight is 228 g/mol. The number of piperidine rings is 1. The molecule has 0 aromatic carbocycles. The predicted molar refractivity (Wildman–Crippen MR) is 64.3 cm³/mol. The zero-order valence-corrected chi connectivity index (χ0v) is 10.7. The molecule has 0 spiro atoms. The summed E-state index contributed by atoms with van der Waals surface area (Å²) in [5, 5.41) is 3.49. The third kappa shape index (κ3) is 4.49. The summed E-state index contributed by atoms with van der Waals surface area (Å²) in [7, 11) is 1.45. The van der Waals surface area contributed by atoms with E-state index >= 15 is 0 Å². The molecule has 1 rings (SSSR count). The van der Waals surface area contributed by atoms with Crippen LogP contribution in [0.25, 0.3) is 0 Å². The van der Waals surface area contributed by atoms with Crippen molar-refractivity contribution in [3.8, 4) is 0 Å². The SMILES string of the molecule is CCNC1CC(C)CN(CCC(=O)OC)C1. The van der Waals surface area contributed by atoms with Crippen LogP contribution in [0.5, 0.6) is 0 Å². The highest BCUT2D eigenvalue weighted by atomic mass is 16.5. The van der Waals surface area contributed by atoms with Gasteiger partial charge in [0.25, 0.3) is 0 Å². The van der Waals surface area contributed by atoms with Crippen LogP contribution in [-0.4, -0.2) is 50.2 Å². The molecule has 1 aliphatic rings. The minimum atomic E-state index is -0.113. The lowest BCUT2D eigenvalue weighted by atomic mass is 9.96. The van der Waals surface area contributed by atoms with E-state index in [1.807, 2.05) is 0 Å². The van der Waals surface area contributed by atoms with Crippen LogP contribution in [-0.2, 0) is 9.53 Å². The minimum absolute atomic E-state index is 0.113. The molecule has 0 saturated carbocycles. The maximum Gasteiger partial charge on any atom is 0.306 e. The molecule has 1 N–H and O–H groups in total. The Bertz CT molecular complexity index is 221. The van der Waals surface area contributed by atoms with Crippen LogP contribution in [0.1, 0.15) is 26.7 Å². The van der Waals surface area contributed by atoms with Crippen LogP contribution in [0.15, 0.2) is 0 Å². The first-order valence-electron chi connectivity index (χ1n) is 6.18. The Morgan fingerprint density at radius 3 is 2.88 bits per heavy atom. The molecule has 1 aliphatic heterocycles. The standard InChI is InChI=1S/C12H24N2O2/c1-4-13-11-7-10(2)8-14(9-11)6-5-12(15)16-3/h10-11,13H,4-9H2,1-3H3. The van der Waals surface area contributed by atoms with E-state index in [0.29, 0.717) is 18.4 Å². The van der Waals surface area contributed by atoms with Gasteiger partial charge in [-0.2, -0.15) is 0 Å². The number of ether oxygens (including phenoxy) is 1. The highest BCUT2D eigenvalue weighted by Crippen LogP contribution is 2.16. The van der Waals surface area contributed by atoms with Gasteiger partial charge in [-0.25, -0.2) is 0 Å². The number of carbonyl (C=O) groups is 1. The van der Waals surface area contributed by atoms with Crippen LogP contribution in [0.2, 0.25) is 0 Å². The number of esters is 1. The van der Waals surface area contributed by atoms with Gasteiger partial charge < -0.3 is 15.0 Å². The maximum atomic E-state index is 11.1. The van der Waals surface area contributed by atoms with E-state index in [2.05, 4.69) is 28.8 Å². The Morgan fingerprint density at radius 1 is 1.50 bits per heavy atom. The molecule has 0 aromatic heterocycles. The molecule has 0 amide bonds. The number of hydrogen-bond donors (Lipinski definition) is 1. The first-order valence-corrected chi connectivity index (χ1v) is 6.18. The van der Waals surface area contributed by atoms with Gasteiger partial charge >= 0.3 is 5.97 Å². The lowest BCUT2D eigenvalue weighted by molar-refractivity contribution is -0.141. The van der Waals surface area contributed by atoms with Gasteiger partial charge in [0.1, 0.15) is 0 Å². The third-order valence-electron chi connectivity index (χ3n) is 3.09. The Balaban J connectivity index is 2.32. The summed E-state index contributed by atoms with van der Waals surface area (Å²) in [6, 6.07) is 0.575.